The molecule has 5 heteroatoms. The van der Waals surface area contributed by atoms with Crippen LogP contribution in [-0.4, -0.2) is 34.9 Å². The number of aryl methyl sites for hydroxylation is 1. The van der Waals surface area contributed by atoms with Crippen LogP contribution in [0.2, 0.25) is 0 Å². The molecule has 0 spiro atoms. The second-order valence-electron chi connectivity index (χ2n) is 5.71. The lowest BCUT2D eigenvalue weighted by molar-refractivity contribution is 0.0634. The van der Waals surface area contributed by atoms with Crippen LogP contribution in [-0.2, 0) is 0 Å². The molecule has 0 aliphatic carbocycles. The highest BCUT2D eigenvalue weighted by atomic mass is 16.3. The molecule has 2 amide bonds. The van der Waals surface area contributed by atoms with Gasteiger partial charge in [0, 0.05) is 17.7 Å². The van der Waals surface area contributed by atoms with Crippen molar-refractivity contribution in [3.63, 3.8) is 0 Å². The minimum absolute atomic E-state index is 0.195. The van der Waals surface area contributed by atoms with Crippen molar-refractivity contribution in [3.05, 3.63) is 70.8 Å². The highest BCUT2D eigenvalue weighted by Crippen LogP contribution is 2.17. The Morgan fingerprint density at radius 2 is 1.58 bits per heavy atom. The first kappa shape index (κ1) is 17.7. The molecular formula is C19H22N2O3. The third-order valence-electron chi connectivity index (χ3n) is 3.94. The van der Waals surface area contributed by atoms with Crippen molar-refractivity contribution in [1.29, 1.82) is 0 Å². The van der Waals surface area contributed by atoms with Crippen molar-refractivity contribution in [2.24, 2.45) is 5.73 Å². The maximum atomic E-state index is 12.6. The lowest BCUT2D eigenvalue weighted by Crippen LogP contribution is -2.34. The summed E-state index contributed by atoms with van der Waals surface area (Å²) in [6.45, 7) is 4.51. The van der Waals surface area contributed by atoms with Crippen LogP contribution in [0.15, 0.2) is 48.5 Å². The summed E-state index contributed by atoms with van der Waals surface area (Å²) in [4.78, 5) is 25.2. The molecule has 0 aromatic heterocycles. The number of benzene rings is 2. The second kappa shape index (κ2) is 7.75. The van der Waals surface area contributed by atoms with E-state index in [0.717, 1.165) is 11.1 Å². The molecule has 0 radical (unpaired) electrons. The minimum Gasteiger partial charge on any atom is -0.387 e. The van der Waals surface area contributed by atoms with Gasteiger partial charge in [-0.25, -0.2) is 0 Å². The summed E-state index contributed by atoms with van der Waals surface area (Å²) in [6.07, 6.45) is -0.751. The fourth-order valence-corrected chi connectivity index (χ4v) is 2.42. The van der Waals surface area contributed by atoms with Crippen LogP contribution in [0.5, 0.6) is 0 Å². The topological polar surface area (TPSA) is 83.6 Å². The van der Waals surface area contributed by atoms with Crippen LogP contribution in [0.1, 0.15) is 44.9 Å². The van der Waals surface area contributed by atoms with Crippen molar-refractivity contribution in [1.82, 2.24) is 4.90 Å². The second-order valence-corrected chi connectivity index (χ2v) is 5.71. The van der Waals surface area contributed by atoms with Crippen LogP contribution in [0.4, 0.5) is 0 Å². The summed E-state index contributed by atoms with van der Waals surface area (Å²) in [6, 6.07) is 13.8. The summed E-state index contributed by atoms with van der Waals surface area (Å²) < 4.78 is 0. The number of rotatable bonds is 6. The van der Waals surface area contributed by atoms with Gasteiger partial charge in [0.05, 0.1) is 12.6 Å². The molecule has 1 atom stereocenters. The zero-order valence-corrected chi connectivity index (χ0v) is 13.9. The molecule has 0 unspecified atom stereocenters. The van der Waals surface area contributed by atoms with Gasteiger partial charge in [0.1, 0.15) is 0 Å². The predicted molar refractivity (Wildman–Crippen MR) is 92.7 cm³/mol. The number of hydrogen-bond acceptors (Lipinski definition) is 3. The van der Waals surface area contributed by atoms with Crippen molar-refractivity contribution in [2.45, 2.75) is 20.0 Å². The van der Waals surface area contributed by atoms with E-state index >= 15 is 0 Å². The molecule has 5 nitrogen and oxygen atoms in total. The van der Waals surface area contributed by atoms with Crippen LogP contribution < -0.4 is 5.73 Å². The molecule has 3 N–H and O–H groups in total. The summed E-state index contributed by atoms with van der Waals surface area (Å²) in [5.74, 6) is -0.726. The number of nitrogens with zero attached hydrogens (tertiary/aromatic N) is 1. The SMILES string of the molecule is CCN(C[C@H](O)c1ccc(C)cc1)C(=O)c1ccc(C(N)=O)cc1. The molecule has 2 aromatic rings. The summed E-state index contributed by atoms with van der Waals surface area (Å²) in [5.41, 5.74) is 7.90. The number of aliphatic hydroxyl groups excluding tert-OH is 1. The number of aliphatic hydroxyl groups is 1. The zero-order chi connectivity index (χ0) is 17.7. The van der Waals surface area contributed by atoms with E-state index in [4.69, 9.17) is 5.73 Å². The maximum Gasteiger partial charge on any atom is 0.253 e. The van der Waals surface area contributed by atoms with Crippen molar-refractivity contribution < 1.29 is 14.7 Å². The monoisotopic (exact) mass is 326 g/mol. The van der Waals surface area contributed by atoms with Crippen molar-refractivity contribution >= 4 is 11.8 Å². The van der Waals surface area contributed by atoms with Gasteiger partial charge >= 0.3 is 0 Å². The number of hydrogen-bond donors (Lipinski definition) is 2. The predicted octanol–water partition coefficient (Wildman–Crippen LogP) is 2.29. The third kappa shape index (κ3) is 4.20. The van der Waals surface area contributed by atoms with Gasteiger partial charge in [0.15, 0.2) is 0 Å². The molecule has 24 heavy (non-hydrogen) atoms. The lowest BCUT2D eigenvalue weighted by atomic mass is 10.1. The highest BCUT2D eigenvalue weighted by molar-refractivity contribution is 5.97. The van der Waals surface area contributed by atoms with Crippen LogP contribution in [0.3, 0.4) is 0 Å². The Bertz CT molecular complexity index is 708. The Balaban J connectivity index is 2.10. The van der Waals surface area contributed by atoms with E-state index in [9.17, 15) is 14.7 Å². The molecule has 0 aliphatic heterocycles. The third-order valence-corrected chi connectivity index (χ3v) is 3.94. The highest BCUT2D eigenvalue weighted by Gasteiger charge is 2.19. The van der Waals surface area contributed by atoms with Gasteiger partial charge in [0.25, 0.3) is 5.91 Å². The molecule has 0 fully saturated rings. The Morgan fingerprint density at radius 3 is 2.08 bits per heavy atom. The molecular weight excluding hydrogens is 304 g/mol. The van der Waals surface area contributed by atoms with Crippen molar-refractivity contribution in [3.8, 4) is 0 Å². The number of carbonyl (C=O) groups excluding carboxylic acids is 2. The van der Waals surface area contributed by atoms with Gasteiger partial charge in [-0.3, -0.25) is 9.59 Å². The van der Waals surface area contributed by atoms with E-state index in [1.54, 1.807) is 17.0 Å². The smallest absolute Gasteiger partial charge is 0.253 e. The lowest BCUT2D eigenvalue weighted by Gasteiger charge is -2.24. The number of carbonyl (C=O) groups is 2. The first-order valence-electron chi connectivity index (χ1n) is 7.86. The molecule has 126 valence electrons. The van der Waals surface area contributed by atoms with E-state index in [-0.39, 0.29) is 12.5 Å². The number of primary amides is 1. The molecule has 0 heterocycles. The van der Waals surface area contributed by atoms with Crippen LogP contribution in [0, 0.1) is 6.92 Å². The van der Waals surface area contributed by atoms with E-state index < -0.39 is 12.0 Å². The first-order chi connectivity index (χ1) is 11.4. The molecule has 2 aromatic carbocycles. The minimum atomic E-state index is -0.751. The van der Waals surface area contributed by atoms with Crippen LogP contribution >= 0.6 is 0 Å². The average molecular weight is 326 g/mol. The maximum absolute atomic E-state index is 12.6. The van der Waals surface area contributed by atoms with Gasteiger partial charge in [-0.05, 0) is 43.7 Å². The Labute approximate surface area is 141 Å². The Morgan fingerprint density at radius 1 is 1.04 bits per heavy atom. The fourth-order valence-electron chi connectivity index (χ4n) is 2.42. The summed E-state index contributed by atoms with van der Waals surface area (Å²) in [7, 11) is 0. The van der Waals surface area contributed by atoms with Crippen LogP contribution in [0.25, 0.3) is 0 Å². The Hall–Kier alpha value is -2.66. The zero-order valence-electron chi connectivity index (χ0n) is 13.9. The van der Waals surface area contributed by atoms with Gasteiger partial charge in [-0.15, -0.1) is 0 Å². The quantitative estimate of drug-likeness (QED) is 0.854. The van der Waals surface area contributed by atoms with Gasteiger partial charge in [-0.2, -0.15) is 0 Å². The normalized spacial score (nSPS) is 11.8. The molecule has 0 aliphatic rings. The van der Waals surface area contributed by atoms with Crippen molar-refractivity contribution in [2.75, 3.05) is 13.1 Å². The fraction of sp³-hybridized carbons (Fsp3) is 0.263. The number of nitrogens with two attached hydrogens (primary N) is 1. The molecule has 2 rings (SSSR count). The van der Waals surface area contributed by atoms with E-state index in [1.807, 2.05) is 38.1 Å². The first-order valence-corrected chi connectivity index (χ1v) is 7.86. The van der Waals surface area contributed by atoms with E-state index in [0.29, 0.717) is 17.7 Å². The Kier molecular flexibility index (Phi) is 5.71. The summed E-state index contributed by atoms with van der Waals surface area (Å²) in [5, 5.41) is 10.4. The van der Waals surface area contributed by atoms with Gasteiger partial charge < -0.3 is 15.7 Å². The molecule has 0 saturated carbocycles. The molecule has 0 bridgehead atoms. The van der Waals surface area contributed by atoms with Gasteiger partial charge in [0.2, 0.25) is 5.91 Å². The van der Waals surface area contributed by atoms with E-state index in [1.165, 1.54) is 12.1 Å². The van der Waals surface area contributed by atoms with E-state index in [2.05, 4.69) is 0 Å². The van der Waals surface area contributed by atoms with Gasteiger partial charge in [-0.1, -0.05) is 29.8 Å². The largest absolute Gasteiger partial charge is 0.387 e. The summed E-state index contributed by atoms with van der Waals surface area (Å²) >= 11 is 0. The molecule has 0 saturated heterocycles. The average Bonchev–Trinajstić information content (AvgIpc) is 2.59. The standard InChI is InChI=1S/C19H22N2O3/c1-3-21(12-17(22)14-6-4-13(2)5-7-14)19(24)16-10-8-15(9-11-16)18(20)23/h4-11,17,22H,3,12H2,1-2H3,(H2,20,23)/t17-/m0/s1. The number of likely N-dealkylation sites (N-methyl/N-ethyl adjacent to an activating group) is 1. The number of amides is 2.